The van der Waals surface area contributed by atoms with Gasteiger partial charge in [-0.3, -0.25) is 9.98 Å². The van der Waals surface area contributed by atoms with Crippen LogP contribution in [0.3, 0.4) is 0 Å². The quantitative estimate of drug-likeness (QED) is 0.523. The summed E-state index contributed by atoms with van der Waals surface area (Å²) in [6, 6.07) is 9.82. The van der Waals surface area contributed by atoms with Crippen LogP contribution in [0.1, 0.15) is 24.5 Å². The van der Waals surface area contributed by atoms with E-state index in [-0.39, 0.29) is 30.4 Å². The van der Waals surface area contributed by atoms with E-state index in [9.17, 15) is 18.0 Å². The number of rotatable bonds is 7. The Morgan fingerprint density at radius 2 is 1.85 bits per heavy atom. The van der Waals surface area contributed by atoms with Crippen LogP contribution in [0.5, 0.6) is 11.8 Å². The zero-order valence-corrected chi connectivity index (χ0v) is 17.3. The van der Waals surface area contributed by atoms with Crippen LogP contribution >= 0.6 is 0 Å². The number of carbonyl (C=O) groups is 1. The van der Waals surface area contributed by atoms with Crippen molar-refractivity contribution >= 4 is 6.03 Å². The Morgan fingerprint density at radius 1 is 1.12 bits per heavy atom. The molecule has 1 saturated carbocycles. The van der Waals surface area contributed by atoms with Gasteiger partial charge < -0.3 is 14.8 Å². The monoisotopic (exact) mass is 459 g/mol. The topological polar surface area (TPSA) is 102 Å². The van der Waals surface area contributed by atoms with Crippen LogP contribution in [0.25, 0.3) is 11.1 Å². The summed E-state index contributed by atoms with van der Waals surface area (Å²) < 4.78 is 47.4. The molecule has 0 spiro atoms. The minimum Gasteiger partial charge on any atom is -0.462 e. The van der Waals surface area contributed by atoms with E-state index < -0.39 is 12.4 Å². The van der Waals surface area contributed by atoms with Gasteiger partial charge in [-0.15, -0.1) is 13.2 Å². The molecule has 2 N–H and O–H groups in total. The summed E-state index contributed by atoms with van der Waals surface area (Å²) in [6.07, 6.45) is 0.531. The Morgan fingerprint density at radius 3 is 2.55 bits per heavy atom. The molecule has 2 heterocycles. The summed E-state index contributed by atoms with van der Waals surface area (Å²) in [7, 11) is 0. The van der Waals surface area contributed by atoms with Crippen molar-refractivity contribution in [1.29, 1.82) is 5.41 Å². The van der Waals surface area contributed by atoms with Crippen molar-refractivity contribution in [1.82, 2.24) is 19.9 Å². The second kappa shape index (κ2) is 9.31. The molecule has 0 atom stereocenters. The summed E-state index contributed by atoms with van der Waals surface area (Å²) in [4.78, 5) is 20.9. The van der Waals surface area contributed by atoms with Crippen LogP contribution in [0, 0.1) is 5.41 Å². The van der Waals surface area contributed by atoms with Gasteiger partial charge in [0.25, 0.3) is 0 Å². The fourth-order valence-electron chi connectivity index (χ4n) is 3.10. The van der Waals surface area contributed by atoms with E-state index in [2.05, 4.69) is 20.0 Å². The molecular weight excluding hydrogens is 439 g/mol. The second-order valence-corrected chi connectivity index (χ2v) is 7.36. The fourth-order valence-corrected chi connectivity index (χ4v) is 3.10. The molecule has 1 fully saturated rings. The van der Waals surface area contributed by atoms with Crippen LogP contribution in [0.4, 0.5) is 18.0 Å². The van der Waals surface area contributed by atoms with Gasteiger partial charge in [-0.25, -0.2) is 9.78 Å². The number of nitrogens with zero attached hydrogens (tertiary/aromatic N) is 3. The average molecular weight is 459 g/mol. The second-order valence-electron chi connectivity index (χ2n) is 7.36. The van der Waals surface area contributed by atoms with Gasteiger partial charge in [0.1, 0.15) is 17.8 Å². The molecule has 1 amide bonds. The van der Waals surface area contributed by atoms with Gasteiger partial charge in [-0.05, 0) is 54.3 Å². The number of nitrogens with one attached hydrogen (secondary N) is 2. The Hall–Kier alpha value is -3.89. The van der Waals surface area contributed by atoms with Gasteiger partial charge in [0.2, 0.25) is 0 Å². The Balaban J connectivity index is 1.35. The van der Waals surface area contributed by atoms with E-state index in [1.165, 1.54) is 36.5 Å². The van der Waals surface area contributed by atoms with Crippen LogP contribution in [-0.2, 0) is 0 Å². The Labute approximate surface area is 186 Å². The zero-order valence-electron chi connectivity index (χ0n) is 17.3. The van der Waals surface area contributed by atoms with Crippen molar-refractivity contribution in [3.63, 3.8) is 0 Å². The molecule has 2 aromatic heterocycles. The van der Waals surface area contributed by atoms with Crippen molar-refractivity contribution < 1.29 is 27.4 Å². The predicted octanol–water partition coefficient (Wildman–Crippen LogP) is 3.84. The van der Waals surface area contributed by atoms with Crippen LogP contribution in [0.15, 0.2) is 54.9 Å². The van der Waals surface area contributed by atoms with Crippen molar-refractivity contribution in [3.8, 4) is 22.9 Å². The number of aromatic nitrogens is 3. The van der Waals surface area contributed by atoms with Crippen molar-refractivity contribution in [2.24, 2.45) is 0 Å². The lowest BCUT2D eigenvalue weighted by molar-refractivity contribution is -0.274. The molecule has 0 saturated heterocycles. The van der Waals surface area contributed by atoms with Crippen LogP contribution < -0.4 is 20.3 Å². The Bertz CT molecular complexity index is 1190. The lowest BCUT2D eigenvalue weighted by Crippen LogP contribution is -2.37. The number of ether oxygens (including phenoxy) is 2. The van der Waals surface area contributed by atoms with E-state index in [1.807, 2.05) is 6.07 Å². The summed E-state index contributed by atoms with van der Waals surface area (Å²) in [5.74, 6) is 0.128. The van der Waals surface area contributed by atoms with E-state index in [1.54, 1.807) is 12.3 Å². The molecule has 11 heteroatoms. The summed E-state index contributed by atoms with van der Waals surface area (Å²) >= 11 is 0. The molecule has 33 heavy (non-hydrogen) atoms. The number of carbonyl (C=O) groups excluding carboxylic acids is 1. The molecule has 172 valence electrons. The van der Waals surface area contributed by atoms with Gasteiger partial charge in [0.05, 0.1) is 12.2 Å². The largest absolute Gasteiger partial charge is 0.573 e. The molecule has 8 nitrogen and oxygen atoms in total. The number of amides is 1. The fraction of sp³-hybridized carbons (Fsp3) is 0.273. The molecule has 4 rings (SSSR count). The highest BCUT2D eigenvalue weighted by Crippen LogP contribution is 2.39. The van der Waals surface area contributed by atoms with Gasteiger partial charge in [0, 0.05) is 18.3 Å². The molecule has 0 bridgehead atoms. The summed E-state index contributed by atoms with van der Waals surface area (Å²) in [5, 5.41) is 10.6. The molecular formula is C22H20F3N5O3. The smallest absolute Gasteiger partial charge is 0.462 e. The molecule has 3 aromatic rings. The number of alkyl halides is 3. The first-order chi connectivity index (χ1) is 15.8. The molecule has 1 aliphatic rings. The SMILES string of the molecule is N=c1ccc(-c2ccc(OC(F)(F)F)cc2)cn1C(=O)NCCOc1nccc(C2CC2)n1. The normalized spacial score (nSPS) is 13.4. The van der Waals surface area contributed by atoms with Crippen molar-refractivity contribution in [2.75, 3.05) is 13.2 Å². The summed E-state index contributed by atoms with van der Waals surface area (Å²) in [5.41, 5.74) is 1.99. The Kier molecular flexibility index (Phi) is 6.29. The lowest BCUT2D eigenvalue weighted by Gasteiger charge is -2.12. The first-order valence-corrected chi connectivity index (χ1v) is 10.2. The van der Waals surface area contributed by atoms with Crippen LogP contribution in [0.2, 0.25) is 0 Å². The first kappa shape index (κ1) is 22.3. The molecule has 0 unspecified atom stereocenters. The number of benzene rings is 1. The van der Waals surface area contributed by atoms with Crippen molar-refractivity contribution in [2.45, 2.75) is 25.1 Å². The van der Waals surface area contributed by atoms with E-state index >= 15 is 0 Å². The molecule has 0 aliphatic heterocycles. The maximum absolute atomic E-state index is 12.5. The van der Waals surface area contributed by atoms with Crippen LogP contribution in [-0.4, -0.2) is 40.1 Å². The maximum Gasteiger partial charge on any atom is 0.573 e. The third kappa shape index (κ3) is 6.09. The molecule has 1 aliphatic carbocycles. The average Bonchev–Trinajstić information content (AvgIpc) is 3.62. The standard InChI is InChI=1S/C22H20F3N5O3/c23-22(24,25)33-17-6-3-14(4-7-17)16-5-8-19(26)30(13-16)21(31)28-11-12-32-20-27-10-9-18(29-20)15-1-2-15/h3-10,13,15,26H,1-2,11-12H2,(H,28,31). The number of hydrogen-bond donors (Lipinski definition) is 2. The predicted molar refractivity (Wildman–Crippen MR) is 111 cm³/mol. The number of pyridine rings is 1. The highest BCUT2D eigenvalue weighted by Gasteiger charge is 2.31. The zero-order chi connectivity index (χ0) is 23.4. The van der Waals surface area contributed by atoms with Gasteiger partial charge >= 0.3 is 18.4 Å². The van der Waals surface area contributed by atoms with E-state index in [0.717, 1.165) is 23.1 Å². The third-order valence-electron chi connectivity index (χ3n) is 4.85. The maximum atomic E-state index is 12.5. The first-order valence-electron chi connectivity index (χ1n) is 10.2. The summed E-state index contributed by atoms with van der Waals surface area (Å²) in [6.45, 7) is 0.310. The number of hydrogen-bond acceptors (Lipinski definition) is 6. The van der Waals surface area contributed by atoms with E-state index in [0.29, 0.717) is 17.0 Å². The lowest BCUT2D eigenvalue weighted by atomic mass is 10.1. The highest BCUT2D eigenvalue weighted by atomic mass is 19.4. The third-order valence-corrected chi connectivity index (χ3v) is 4.85. The molecule has 0 radical (unpaired) electrons. The number of halogens is 3. The van der Waals surface area contributed by atoms with E-state index in [4.69, 9.17) is 10.1 Å². The van der Waals surface area contributed by atoms with Crippen molar-refractivity contribution in [3.05, 3.63) is 66.0 Å². The molecule has 1 aromatic carbocycles. The highest BCUT2D eigenvalue weighted by molar-refractivity contribution is 5.78. The van der Waals surface area contributed by atoms with Gasteiger partial charge in [-0.2, -0.15) is 4.98 Å². The minimum absolute atomic E-state index is 0.0605. The van der Waals surface area contributed by atoms with Gasteiger partial charge in [0.15, 0.2) is 0 Å². The van der Waals surface area contributed by atoms with Gasteiger partial charge in [-0.1, -0.05) is 12.1 Å². The minimum atomic E-state index is -4.77.